The van der Waals surface area contributed by atoms with Crippen LogP contribution >= 0.6 is 0 Å². The van der Waals surface area contributed by atoms with Gasteiger partial charge in [0.15, 0.2) is 0 Å². The normalized spacial score (nSPS) is 17.5. The number of carbonyl (C=O) groups is 3. The summed E-state index contributed by atoms with van der Waals surface area (Å²) in [6.07, 6.45) is 1.46. The van der Waals surface area contributed by atoms with Gasteiger partial charge >= 0.3 is 11.9 Å². The van der Waals surface area contributed by atoms with Gasteiger partial charge in [-0.2, -0.15) is 0 Å². The molecule has 1 atom stereocenters. The van der Waals surface area contributed by atoms with E-state index >= 15 is 0 Å². The number of rotatable bonds is 5. The predicted molar refractivity (Wildman–Crippen MR) is 92.1 cm³/mol. The lowest BCUT2D eigenvalue weighted by atomic mass is 10.1. The quantitative estimate of drug-likeness (QED) is 0.765. The lowest BCUT2D eigenvalue weighted by molar-refractivity contribution is -0.162. The molecular formula is C19H25NO5. The first kappa shape index (κ1) is 19.0. The molecule has 0 spiro atoms. The maximum atomic E-state index is 12.3. The topological polar surface area (TPSA) is 72.9 Å². The number of amides is 1. The van der Waals surface area contributed by atoms with Gasteiger partial charge in [0.1, 0.15) is 11.6 Å². The number of likely N-dealkylation sites (tertiary alicyclic amines) is 1. The molecule has 1 heterocycles. The standard InChI is InChI=1S/C19H25NO5/c1-19(2,3)25-18(23)15-9-10-16(21)20(15)12-11-13-5-7-14(8-6-13)17(22)24-4/h5-8,15H,9-12H2,1-4H3. The Morgan fingerprint density at radius 3 is 2.40 bits per heavy atom. The summed E-state index contributed by atoms with van der Waals surface area (Å²) in [5, 5.41) is 0. The summed E-state index contributed by atoms with van der Waals surface area (Å²) in [5.74, 6) is -0.757. The second kappa shape index (κ2) is 7.68. The van der Waals surface area contributed by atoms with Gasteiger partial charge in [-0.1, -0.05) is 12.1 Å². The van der Waals surface area contributed by atoms with E-state index < -0.39 is 11.6 Å². The Morgan fingerprint density at radius 2 is 1.84 bits per heavy atom. The van der Waals surface area contributed by atoms with E-state index in [2.05, 4.69) is 4.74 Å². The van der Waals surface area contributed by atoms with Crippen LogP contribution in [0, 0.1) is 0 Å². The zero-order chi connectivity index (χ0) is 18.6. The molecule has 1 fully saturated rings. The molecule has 1 aliphatic rings. The molecule has 6 nitrogen and oxygen atoms in total. The number of hydrogen-bond donors (Lipinski definition) is 0. The SMILES string of the molecule is COC(=O)c1ccc(CCN2C(=O)CCC2C(=O)OC(C)(C)C)cc1. The smallest absolute Gasteiger partial charge is 0.337 e. The van der Waals surface area contributed by atoms with Crippen molar-refractivity contribution in [1.29, 1.82) is 0 Å². The average Bonchev–Trinajstić information content (AvgIpc) is 2.92. The van der Waals surface area contributed by atoms with Crippen LogP contribution in [0.4, 0.5) is 0 Å². The fourth-order valence-corrected chi connectivity index (χ4v) is 2.80. The molecule has 2 rings (SSSR count). The summed E-state index contributed by atoms with van der Waals surface area (Å²) in [5.41, 5.74) is 0.892. The molecule has 0 bridgehead atoms. The molecule has 1 aliphatic heterocycles. The van der Waals surface area contributed by atoms with Gasteiger partial charge in [-0.3, -0.25) is 4.79 Å². The zero-order valence-electron chi connectivity index (χ0n) is 15.2. The third-order valence-electron chi connectivity index (χ3n) is 4.02. The van der Waals surface area contributed by atoms with E-state index in [0.717, 1.165) is 5.56 Å². The third-order valence-corrected chi connectivity index (χ3v) is 4.02. The van der Waals surface area contributed by atoms with Crippen LogP contribution < -0.4 is 0 Å². The molecule has 1 unspecified atom stereocenters. The summed E-state index contributed by atoms with van der Waals surface area (Å²) in [6, 6.07) is 6.53. The Kier molecular flexibility index (Phi) is 5.82. The number of benzene rings is 1. The largest absolute Gasteiger partial charge is 0.465 e. The van der Waals surface area contributed by atoms with Crippen molar-refractivity contribution in [3.05, 3.63) is 35.4 Å². The second-order valence-corrected chi connectivity index (χ2v) is 7.11. The molecule has 1 aromatic rings. The molecule has 0 saturated carbocycles. The van der Waals surface area contributed by atoms with Crippen molar-refractivity contribution >= 4 is 17.8 Å². The van der Waals surface area contributed by atoms with Crippen LogP contribution in [0.3, 0.4) is 0 Å². The molecule has 0 radical (unpaired) electrons. The summed E-state index contributed by atoms with van der Waals surface area (Å²) in [6.45, 7) is 5.89. The molecule has 0 aromatic heterocycles. The number of esters is 2. The van der Waals surface area contributed by atoms with Crippen LogP contribution in [-0.4, -0.2) is 48.0 Å². The minimum absolute atomic E-state index is 0.0259. The Balaban J connectivity index is 1.98. The summed E-state index contributed by atoms with van der Waals surface area (Å²) < 4.78 is 10.1. The maximum Gasteiger partial charge on any atom is 0.337 e. The Bertz CT molecular complexity index is 645. The van der Waals surface area contributed by atoms with Crippen molar-refractivity contribution in [2.45, 2.75) is 51.7 Å². The highest BCUT2D eigenvalue weighted by Gasteiger charge is 2.38. The van der Waals surface area contributed by atoms with Crippen LogP contribution in [0.2, 0.25) is 0 Å². The maximum absolute atomic E-state index is 12.3. The molecule has 1 saturated heterocycles. The van der Waals surface area contributed by atoms with E-state index in [0.29, 0.717) is 31.4 Å². The van der Waals surface area contributed by atoms with Gasteiger partial charge in [0.25, 0.3) is 0 Å². The van der Waals surface area contributed by atoms with E-state index in [9.17, 15) is 14.4 Å². The van der Waals surface area contributed by atoms with Crippen LogP contribution in [0.25, 0.3) is 0 Å². The summed E-state index contributed by atoms with van der Waals surface area (Å²) in [7, 11) is 1.34. The van der Waals surface area contributed by atoms with E-state index in [1.807, 2.05) is 32.9 Å². The van der Waals surface area contributed by atoms with Gasteiger partial charge in [-0.25, -0.2) is 9.59 Å². The average molecular weight is 347 g/mol. The van der Waals surface area contributed by atoms with Crippen LogP contribution in [0.5, 0.6) is 0 Å². The molecular weight excluding hydrogens is 322 g/mol. The predicted octanol–water partition coefficient (Wildman–Crippen LogP) is 2.35. The van der Waals surface area contributed by atoms with Gasteiger partial charge in [-0.15, -0.1) is 0 Å². The van der Waals surface area contributed by atoms with Crippen molar-refractivity contribution in [2.24, 2.45) is 0 Å². The number of hydrogen-bond acceptors (Lipinski definition) is 5. The molecule has 1 amide bonds. The molecule has 6 heteroatoms. The number of carbonyl (C=O) groups excluding carboxylic acids is 3. The van der Waals surface area contributed by atoms with Crippen molar-refractivity contribution in [2.75, 3.05) is 13.7 Å². The lowest BCUT2D eigenvalue weighted by Crippen LogP contribution is -2.43. The Morgan fingerprint density at radius 1 is 1.20 bits per heavy atom. The number of methoxy groups -OCH3 is 1. The number of nitrogens with zero attached hydrogens (tertiary/aromatic N) is 1. The minimum atomic E-state index is -0.571. The van der Waals surface area contributed by atoms with Crippen LogP contribution in [0.1, 0.15) is 49.5 Å². The fourth-order valence-electron chi connectivity index (χ4n) is 2.80. The number of ether oxygens (including phenoxy) is 2. The molecule has 0 N–H and O–H groups in total. The van der Waals surface area contributed by atoms with Crippen LogP contribution in [0.15, 0.2) is 24.3 Å². The molecule has 1 aromatic carbocycles. The van der Waals surface area contributed by atoms with Gasteiger partial charge in [0, 0.05) is 13.0 Å². The van der Waals surface area contributed by atoms with Gasteiger partial charge in [-0.05, 0) is 51.3 Å². The highest BCUT2D eigenvalue weighted by molar-refractivity contribution is 5.89. The van der Waals surface area contributed by atoms with Crippen molar-refractivity contribution in [3.8, 4) is 0 Å². The van der Waals surface area contributed by atoms with Crippen molar-refractivity contribution < 1.29 is 23.9 Å². The minimum Gasteiger partial charge on any atom is -0.465 e. The Labute approximate surface area is 148 Å². The first-order valence-corrected chi connectivity index (χ1v) is 8.41. The van der Waals surface area contributed by atoms with E-state index in [1.54, 1.807) is 17.0 Å². The monoisotopic (exact) mass is 347 g/mol. The first-order valence-electron chi connectivity index (χ1n) is 8.41. The summed E-state index contributed by atoms with van der Waals surface area (Å²) >= 11 is 0. The molecule has 136 valence electrons. The van der Waals surface area contributed by atoms with E-state index in [1.165, 1.54) is 7.11 Å². The van der Waals surface area contributed by atoms with Gasteiger partial charge < -0.3 is 14.4 Å². The molecule has 25 heavy (non-hydrogen) atoms. The third kappa shape index (κ3) is 5.05. The zero-order valence-corrected chi connectivity index (χ0v) is 15.2. The first-order chi connectivity index (χ1) is 11.7. The van der Waals surface area contributed by atoms with Crippen LogP contribution in [-0.2, 0) is 25.5 Å². The highest BCUT2D eigenvalue weighted by atomic mass is 16.6. The van der Waals surface area contributed by atoms with Gasteiger partial charge in [0.2, 0.25) is 5.91 Å². The molecule has 0 aliphatic carbocycles. The van der Waals surface area contributed by atoms with Gasteiger partial charge in [0.05, 0.1) is 12.7 Å². The second-order valence-electron chi connectivity index (χ2n) is 7.11. The lowest BCUT2D eigenvalue weighted by Gasteiger charge is -2.27. The van der Waals surface area contributed by atoms with Crippen molar-refractivity contribution in [1.82, 2.24) is 4.90 Å². The highest BCUT2D eigenvalue weighted by Crippen LogP contribution is 2.22. The van der Waals surface area contributed by atoms with E-state index in [-0.39, 0.29) is 17.8 Å². The Hall–Kier alpha value is -2.37. The fraction of sp³-hybridized carbons (Fsp3) is 0.526. The van der Waals surface area contributed by atoms with Crippen molar-refractivity contribution in [3.63, 3.8) is 0 Å². The summed E-state index contributed by atoms with van der Waals surface area (Å²) in [4.78, 5) is 37.5. The van der Waals surface area contributed by atoms with E-state index in [4.69, 9.17) is 4.74 Å².